The molecule has 2 rings (SSSR count). The highest BCUT2D eigenvalue weighted by Gasteiger charge is 2.06. The van der Waals surface area contributed by atoms with Gasteiger partial charge in [0.15, 0.2) is 0 Å². The molecule has 3 heteroatoms. The Kier molecular flexibility index (Phi) is 3.27. The molecule has 2 aromatic rings. The van der Waals surface area contributed by atoms with Crippen molar-refractivity contribution in [2.24, 2.45) is 0 Å². The topological polar surface area (TPSA) is 49.0 Å². The zero-order valence-electron chi connectivity index (χ0n) is 9.67. The Hall–Kier alpha value is -2.05. The highest BCUT2D eigenvalue weighted by atomic mass is 16.3. The molecule has 1 aromatic heterocycles. The molecule has 0 bridgehead atoms. The highest BCUT2D eigenvalue weighted by molar-refractivity contribution is 5.33. The predicted molar refractivity (Wildman–Crippen MR) is 65.3 cm³/mol. The summed E-state index contributed by atoms with van der Waals surface area (Å²) in [5, 5.41) is 18.4. The first-order chi connectivity index (χ1) is 8.20. The van der Waals surface area contributed by atoms with Gasteiger partial charge in [-0.2, -0.15) is 5.26 Å². The van der Waals surface area contributed by atoms with Gasteiger partial charge in [-0.3, -0.25) is 0 Å². The normalized spacial score (nSPS) is 12.1. The molecule has 1 unspecified atom stereocenters. The number of aliphatic hydroxyl groups excluding tert-OH is 1. The van der Waals surface area contributed by atoms with Crippen molar-refractivity contribution in [3.05, 3.63) is 59.4 Å². The van der Waals surface area contributed by atoms with Crippen LogP contribution in [0.1, 0.15) is 29.8 Å². The van der Waals surface area contributed by atoms with Gasteiger partial charge in [0, 0.05) is 18.4 Å². The van der Waals surface area contributed by atoms with E-state index in [1.165, 1.54) is 0 Å². The average molecular weight is 226 g/mol. The lowest BCUT2D eigenvalue weighted by Gasteiger charge is -2.11. The third kappa shape index (κ3) is 2.55. The van der Waals surface area contributed by atoms with Crippen LogP contribution in [0.15, 0.2) is 42.6 Å². The van der Waals surface area contributed by atoms with E-state index in [1.807, 2.05) is 41.1 Å². The first kappa shape index (κ1) is 11.4. The van der Waals surface area contributed by atoms with Crippen LogP contribution in [0.25, 0.3) is 0 Å². The average Bonchev–Trinajstić information content (AvgIpc) is 2.77. The first-order valence-electron chi connectivity index (χ1n) is 5.53. The smallest absolute Gasteiger partial charge is 0.0991 e. The van der Waals surface area contributed by atoms with Crippen molar-refractivity contribution in [3.8, 4) is 6.07 Å². The third-order valence-electron chi connectivity index (χ3n) is 2.70. The van der Waals surface area contributed by atoms with Crippen molar-refractivity contribution < 1.29 is 5.11 Å². The molecule has 1 heterocycles. The van der Waals surface area contributed by atoms with Gasteiger partial charge in [0.2, 0.25) is 0 Å². The number of aliphatic hydroxyl groups is 1. The summed E-state index contributed by atoms with van der Waals surface area (Å²) in [6, 6.07) is 13.4. The molecule has 0 saturated heterocycles. The standard InChI is InChI=1S/C14H14N2O/c1-11(17)14-6-3-7-16(14)10-13-5-2-4-12(8-13)9-15/h2-8,11,17H,10H2,1H3. The van der Waals surface area contributed by atoms with E-state index in [9.17, 15) is 5.11 Å². The minimum absolute atomic E-state index is 0.482. The Morgan fingerprint density at radius 1 is 1.35 bits per heavy atom. The molecular weight excluding hydrogens is 212 g/mol. The van der Waals surface area contributed by atoms with Gasteiger partial charge in [-0.1, -0.05) is 12.1 Å². The van der Waals surface area contributed by atoms with Crippen LogP contribution in [0.2, 0.25) is 0 Å². The first-order valence-corrected chi connectivity index (χ1v) is 5.53. The molecule has 0 saturated carbocycles. The molecule has 0 aliphatic heterocycles. The van der Waals surface area contributed by atoms with Crippen LogP contribution in [0.3, 0.4) is 0 Å². The van der Waals surface area contributed by atoms with Gasteiger partial charge in [0.05, 0.1) is 17.7 Å². The number of rotatable bonds is 3. The van der Waals surface area contributed by atoms with E-state index >= 15 is 0 Å². The lowest BCUT2D eigenvalue weighted by molar-refractivity contribution is 0.190. The number of hydrogen-bond acceptors (Lipinski definition) is 2. The molecule has 3 nitrogen and oxygen atoms in total. The molecule has 17 heavy (non-hydrogen) atoms. The van der Waals surface area contributed by atoms with Crippen LogP contribution in [0.4, 0.5) is 0 Å². The van der Waals surface area contributed by atoms with Crippen LogP contribution in [-0.4, -0.2) is 9.67 Å². The summed E-state index contributed by atoms with van der Waals surface area (Å²) in [7, 11) is 0. The van der Waals surface area contributed by atoms with E-state index in [4.69, 9.17) is 5.26 Å². The Morgan fingerprint density at radius 3 is 2.88 bits per heavy atom. The second kappa shape index (κ2) is 4.86. The Balaban J connectivity index is 2.26. The minimum atomic E-state index is -0.482. The summed E-state index contributed by atoms with van der Waals surface area (Å²) in [5.41, 5.74) is 2.60. The Labute approximate surface area is 101 Å². The van der Waals surface area contributed by atoms with Crippen molar-refractivity contribution >= 4 is 0 Å². The van der Waals surface area contributed by atoms with Crippen molar-refractivity contribution in [1.82, 2.24) is 4.57 Å². The summed E-state index contributed by atoms with van der Waals surface area (Å²) in [6.45, 7) is 2.42. The van der Waals surface area contributed by atoms with Gasteiger partial charge in [0.1, 0.15) is 0 Å². The second-order valence-corrected chi connectivity index (χ2v) is 4.05. The van der Waals surface area contributed by atoms with Crippen LogP contribution in [0, 0.1) is 11.3 Å². The Morgan fingerprint density at radius 2 is 2.18 bits per heavy atom. The molecule has 0 amide bonds. The molecule has 0 aliphatic rings. The third-order valence-corrected chi connectivity index (χ3v) is 2.70. The van der Waals surface area contributed by atoms with Crippen LogP contribution in [-0.2, 0) is 6.54 Å². The summed E-state index contributed by atoms with van der Waals surface area (Å²) in [6.07, 6.45) is 1.45. The van der Waals surface area contributed by atoms with Crippen molar-refractivity contribution in [1.29, 1.82) is 5.26 Å². The van der Waals surface area contributed by atoms with Gasteiger partial charge < -0.3 is 9.67 Å². The van der Waals surface area contributed by atoms with Gasteiger partial charge >= 0.3 is 0 Å². The van der Waals surface area contributed by atoms with E-state index < -0.39 is 6.10 Å². The fraction of sp³-hybridized carbons (Fsp3) is 0.214. The largest absolute Gasteiger partial charge is 0.387 e. The predicted octanol–water partition coefficient (Wildman–Crippen LogP) is 2.46. The summed E-state index contributed by atoms with van der Waals surface area (Å²) < 4.78 is 1.99. The quantitative estimate of drug-likeness (QED) is 0.874. The number of benzene rings is 1. The lowest BCUT2D eigenvalue weighted by Crippen LogP contribution is -2.05. The molecular formula is C14H14N2O. The minimum Gasteiger partial charge on any atom is -0.387 e. The SMILES string of the molecule is CC(O)c1cccn1Cc1cccc(C#N)c1. The molecule has 0 spiro atoms. The van der Waals surface area contributed by atoms with Crippen molar-refractivity contribution in [2.45, 2.75) is 19.6 Å². The van der Waals surface area contributed by atoms with Gasteiger partial charge in [-0.15, -0.1) is 0 Å². The number of nitrogens with zero attached hydrogens (tertiary/aromatic N) is 2. The molecule has 86 valence electrons. The van der Waals surface area contributed by atoms with E-state index in [0.717, 1.165) is 11.3 Å². The Bertz CT molecular complexity index is 549. The maximum Gasteiger partial charge on any atom is 0.0991 e. The molecule has 0 fully saturated rings. The fourth-order valence-corrected chi connectivity index (χ4v) is 1.89. The molecule has 1 N–H and O–H groups in total. The van der Waals surface area contributed by atoms with Crippen molar-refractivity contribution in [2.75, 3.05) is 0 Å². The molecule has 0 radical (unpaired) electrons. The summed E-state index contributed by atoms with van der Waals surface area (Å²) in [5.74, 6) is 0. The lowest BCUT2D eigenvalue weighted by atomic mass is 10.1. The van der Waals surface area contributed by atoms with E-state index in [1.54, 1.807) is 13.0 Å². The van der Waals surface area contributed by atoms with E-state index in [-0.39, 0.29) is 0 Å². The van der Waals surface area contributed by atoms with E-state index in [0.29, 0.717) is 12.1 Å². The maximum absolute atomic E-state index is 9.60. The van der Waals surface area contributed by atoms with Crippen LogP contribution in [0.5, 0.6) is 0 Å². The number of aromatic nitrogens is 1. The fourth-order valence-electron chi connectivity index (χ4n) is 1.89. The summed E-state index contributed by atoms with van der Waals surface area (Å²) in [4.78, 5) is 0. The maximum atomic E-state index is 9.60. The van der Waals surface area contributed by atoms with E-state index in [2.05, 4.69) is 6.07 Å². The summed E-state index contributed by atoms with van der Waals surface area (Å²) >= 11 is 0. The van der Waals surface area contributed by atoms with Crippen molar-refractivity contribution in [3.63, 3.8) is 0 Å². The number of nitriles is 1. The van der Waals surface area contributed by atoms with Crippen LogP contribution >= 0.6 is 0 Å². The molecule has 0 aliphatic carbocycles. The number of hydrogen-bond donors (Lipinski definition) is 1. The van der Waals surface area contributed by atoms with Gasteiger partial charge in [-0.05, 0) is 36.8 Å². The highest BCUT2D eigenvalue weighted by Crippen LogP contribution is 2.15. The second-order valence-electron chi connectivity index (χ2n) is 4.05. The zero-order chi connectivity index (χ0) is 12.3. The van der Waals surface area contributed by atoms with Gasteiger partial charge in [0.25, 0.3) is 0 Å². The molecule has 1 atom stereocenters. The van der Waals surface area contributed by atoms with Crippen LogP contribution < -0.4 is 0 Å². The monoisotopic (exact) mass is 226 g/mol. The zero-order valence-corrected chi connectivity index (χ0v) is 9.67. The van der Waals surface area contributed by atoms with Gasteiger partial charge in [-0.25, -0.2) is 0 Å². The molecule has 1 aromatic carbocycles.